The van der Waals surface area contributed by atoms with Crippen molar-refractivity contribution in [1.29, 1.82) is 0 Å². The van der Waals surface area contributed by atoms with E-state index in [1.54, 1.807) is 24.3 Å². The lowest BCUT2D eigenvalue weighted by Gasteiger charge is -2.33. The SMILES string of the molecule is CC[C@H](C)NC(=O)[C@H](CC)N(Cc1ccccc1C)C(=O)CN(c1ccccc1Cl)S(C)(=O)=O. The normalized spacial score (nSPS) is 13.1. The first-order chi connectivity index (χ1) is 16.0. The summed E-state index contributed by atoms with van der Waals surface area (Å²) < 4.78 is 26.2. The Bertz CT molecular complexity index is 1110. The minimum absolute atomic E-state index is 0.0485. The lowest BCUT2D eigenvalue weighted by Crippen LogP contribution is -2.53. The summed E-state index contributed by atoms with van der Waals surface area (Å²) in [5.74, 6) is -0.748. The zero-order valence-corrected chi connectivity index (χ0v) is 22.0. The average molecular weight is 508 g/mol. The number of benzene rings is 2. The lowest BCUT2D eigenvalue weighted by molar-refractivity contribution is -0.140. The number of hydrogen-bond acceptors (Lipinski definition) is 4. The van der Waals surface area contributed by atoms with Gasteiger partial charge in [0.05, 0.1) is 17.0 Å². The zero-order valence-electron chi connectivity index (χ0n) is 20.4. The average Bonchev–Trinajstić information content (AvgIpc) is 2.78. The maximum atomic E-state index is 13.7. The van der Waals surface area contributed by atoms with Crippen LogP contribution in [-0.2, 0) is 26.2 Å². The number of anilines is 1. The molecular formula is C25H34ClN3O4S. The van der Waals surface area contributed by atoms with Gasteiger partial charge in [-0.05, 0) is 49.9 Å². The molecule has 2 aromatic carbocycles. The molecule has 0 radical (unpaired) electrons. The van der Waals surface area contributed by atoms with Gasteiger partial charge in [0.2, 0.25) is 21.8 Å². The van der Waals surface area contributed by atoms with E-state index in [-0.39, 0.29) is 29.2 Å². The molecule has 7 nitrogen and oxygen atoms in total. The highest BCUT2D eigenvalue weighted by atomic mass is 35.5. The van der Waals surface area contributed by atoms with Gasteiger partial charge in [0.1, 0.15) is 12.6 Å². The van der Waals surface area contributed by atoms with Crippen LogP contribution < -0.4 is 9.62 Å². The predicted octanol–water partition coefficient (Wildman–Crippen LogP) is 4.14. The fourth-order valence-corrected chi connectivity index (χ4v) is 4.73. The van der Waals surface area contributed by atoms with Gasteiger partial charge in [0.25, 0.3) is 0 Å². The van der Waals surface area contributed by atoms with Crippen LogP contribution in [0.1, 0.15) is 44.7 Å². The number of carbonyl (C=O) groups is 2. The third-order valence-electron chi connectivity index (χ3n) is 5.79. The van der Waals surface area contributed by atoms with Crippen molar-refractivity contribution in [2.24, 2.45) is 0 Å². The van der Waals surface area contributed by atoms with Gasteiger partial charge in [0, 0.05) is 12.6 Å². The van der Waals surface area contributed by atoms with Crippen molar-refractivity contribution in [3.63, 3.8) is 0 Å². The van der Waals surface area contributed by atoms with Gasteiger partial charge in [-0.25, -0.2) is 8.42 Å². The molecule has 0 fully saturated rings. The molecule has 0 unspecified atom stereocenters. The highest BCUT2D eigenvalue weighted by molar-refractivity contribution is 7.92. The van der Waals surface area contributed by atoms with Crippen LogP contribution >= 0.6 is 11.6 Å². The molecule has 0 aromatic heterocycles. The van der Waals surface area contributed by atoms with Gasteiger partial charge in [0.15, 0.2) is 0 Å². The number of carbonyl (C=O) groups excluding carboxylic acids is 2. The van der Waals surface area contributed by atoms with Gasteiger partial charge in [-0.15, -0.1) is 0 Å². The second-order valence-corrected chi connectivity index (χ2v) is 10.7. The molecule has 186 valence electrons. The van der Waals surface area contributed by atoms with E-state index in [4.69, 9.17) is 11.6 Å². The molecule has 0 aliphatic rings. The smallest absolute Gasteiger partial charge is 0.244 e. The van der Waals surface area contributed by atoms with Crippen LogP contribution in [0.5, 0.6) is 0 Å². The fourth-order valence-electron chi connectivity index (χ4n) is 3.58. The van der Waals surface area contributed by atoms with Crippen LogP contribution in [0.2, 0.25) is 5.02 Å². The molecule has 2 rings (SSSR count). The Morgan fingerprint density at radius 2 is 1.65 bits per heavy atom. The number of rotatable bonds is 11. The molecule has 2 atom stereocenters. The summed E-state index contributed by atoms with van der Waals surface area (Å²) in [6.07, 6.45) is 2.16. The molecule has 0 bridgehead atoms. The summed E-state index contributed by atoms with van der Waals surface area (Å²) in [5.41, 5.74) is 2.07. The minimum atomic E-state index is -3.82. The molecule has 0 aliphatic carbocycles. The van der Waals surface area contributed by atoms with Gasteiger partial charge >= 0.3 is 0 Å². The number of nitrogens with one attached hydrogen (secondary N) is 1. The van der Waals surface area contributed by atoms with E-state index in [2.05, 4.69) is 5.32 Å². The number of aryl methyl sites for hydroxylation is 1. The highest BCUT2D eigenvalue weighted by Crippen LogP contribution is 2.27. The van der Waals surface area contributed by atoms with E-state index in [9.17, 15) is 18.0 Å². The summed E-state index contributed by atoms with van der Waals surface area (Å²) >= 11 is 6.26. The van der Waals surface area contributed by atoms with Crippen LogP contribution in [0.15, 0.2) is 48.5 Å². The van der Waals surface area contributed by atoms with E-state index < -0.39 is 28.5 Å². The van der Waals surface area contributed by atoms with E-state index in [1.165, 1.54) is 4.90 Å². The topological polar surface area (TPSA) is 86.8 Å². The molecule has 0 heterocycles. The number of sulfonamides is 1. The van der Waals surface area contributed by atoms with Crippen molar-refractivity contribution in [2.75, 3.05) is 17.1 Å². The van der Waals surface area contributed by atoms with Crippen LogP contribution in [0.4, 0.5) is 5.69 Å². The van der Waals surface area contributed by atoms with Crippen LogP contribution in [-0.4, -0.2) is 50.0 Å². The van der Waals surface area contributed by atoms with E-state index in [0.717, 1.165) is 28.1 Å². The summed E-state index contributed by atoms with van der Waals surface area (Å²) in [6.45, 7) is 7.35. The van der Waals surface area contributed by atoms with Gasteiger partial charge < -0.3 is 10.2 Å². The summed E-state index contributed by atoms with van der Waals surface area (Å²) in [7, 11) is -3.82. The standard InChI is InChI=1S/C25H34ClN3O4S/c1-6-19(4)27-25(31)22(7-2)28(16-20-13-9-8-12-18(20)3)24(30)17-29(34(5,32)33)23-15-11-10-14-21(23)26/h8-15,19,22H,6-7,16-17H2,1-5H3,(H,27,31)/t19-,22-/m0/s1. The fraction of sp³-hybridized carbons (Fsp3) is 0.440. The first-order valence-corrected chi connectivity index (χ1v) is 13.6. The van der Waals surface area contributed by atoms with Crippen molar-refractivity contribution < 1.29 is 18.0 Å². The Balaban J connectivity index is 2.47. The van der Waals surface area contributed by atoms with Crippen molar-refractivity contribution in [2.45, 2.75) is 59.2 Å². The first-order valence-electron chi connectivity index (χ1n) is 11.4. The minimum Gasteiger partial charge on any atom is -0.352 e. The monoisotopic (exact) mass is 507 g/mol. The van der Waals surface area contributed by atoms with Crippen molar-refractivity contribution in [1.82, 2.24) is 10.2 Å². The number of hydrogen-bond donors (Lipinski definition) is 1. The van der Waals surface area contributed by atoms with Crippen LogP contribution in [0.25, 0.3) is 0 Å². The first kappa shape index (κ1) is 27.7. The molecule has 2 amide bonds. The quantitative estimate of drug-likeness (QED) is 0.495. The number of nitrogens with zero attached hydrogens (tertiary/aromatic N) is 2. The van der Waals surface area contributed by atoms with E-state index in [0.29, 0.717) is 6.42 Å². The molecule has 0 spiro atoms. The third kappa shape index (κ3) is 7.21. The third-order valence-corrected chi connectivity index (χ3v) is 7.24. The molecule has 9 heteroatoms. The molecule has 0 saturated heterocycles. The molecule has 0 aliphatic heterocycles. The second-order valence-electron chi connectivity index (χ2n) is 8.41. The summed E-state index contributed by atoms with van der Waals surface area (Å²) in [4.78, 5) is 28.2. The Hall–Kier alpha value is -2.58. The second kappa shape index (κ2) is 12.2. The van der Waals surface area contributed by atoms with Gasteiger partial charge in [-0.1, -0.05) is 61.8 Å². The Kier molecular flexibility index (Phi) is 9.94. The van der Waals surface area contributed by atoms with Crippen molar-refractivity contribution >= 4 is 39.1 Å². The number of para-hydroxylation sites is 1. The Morgan fingerprint density at radius 3 is 2.21 bits per heavy atom. The van der Waals surface area contributed by atoms with Crippen molar-refractivity contribution in [3.8, 4) is 0 Å². The molecular weight excluding hydrogens is 474 g/mol. The number of halogens is 1. The predicted molar refractivity (Wildman–Crippen MR) is 137 cm³/mol. The van der Waals surface area contributed by atoms with E-state index in [1.807, 2.05) is 52.0 Å². The van der Waals surface area contributed by atoms with Gasteiger partial charge in [-0.2, -0.15) is 0 Å². The van der Waals surface area contributed by atoms with Crippen LogP contribution in [0, 0.1) is 6.92 Å². The lowest BCUT2D eigenvalue weighted by atomic mass is 10.1. The maximum absolute atomic E-state index is 13.7. The van der Waals surface area contributed by atoms with Crippen molar-refractivity contribution in [3.05, 3.63) is 64.7 Å². The molecule has 2 aromatic rings. The van der Waals surface area contributed by atoms with E-state index >= 15 is 0 Å². The molecule has 1 N–H and O–H groups in total. The summed E-state index contributed by atoms with van der Waals surface area (Å²) in [6, 6.07) is 13.3. The summed E-state index contributed by atoms with van der Waals surface area (Å²) in [5, 5.41) is 3.17. The Morgan fingerprint density at radius 1 is 1.03 bits per heavy atom. The number of amides is 2. The highest BCUT2D eigenvalue weighted by Gasteiger charge is 2.32. The molecule has 34 heavy (non-hydrogen) atoms. The molecule has 0 saturated carbocycles. The maximum Gasteiger partial charge on any atom is 0.244 e. The Labute approximate surface area is 208 Å². The largest absolute Gasteiger partial charge is 0.352 e. The zero-order chi connectivity index (χ0) is 25.5. The van der Waals surface area contributed by atoms with Gasteiger partial charge in [-0.3, -0.25) is 13.9 Å². The van der Waals surface area contributed by atoms with Crippen LogP contribution in [0.3, 0.4) is 0 Å².